The van der Waals surface area contributed by atoms with Gasteiger partial charge in [0.1, 0.15) is 6.04 Å². The first-order chi connectivity index (χ1) is 12.1. The van der Waals surface area contributed by atoms with Crippen LogP contribution in [-0.4, -0.2) is 60.6 Å². The molecule has 4 rings (SSSR count). The van der Waals surface area contributed by atoms with Gasteiger partial charge < -0.3 is 20.3 Å². The van der Waals surface area contributed by atoms with Gasteiger partial charge in [0.2, 0.25) is 11.8 Å². The molecule has 134 valence electrons. The summed E-state index contributed by atoms with van der Waals surface area (Å²) in [7, 11) is 0. The highest BCUT2D eigenvalue weighted by atomic mass is 16.5. The first-order valence-corrected chi connectivity index (χ1v) is 9.13. The predicted octanol–water partition coefficient (Wildman–Crippen LogP) is 0.637. The Morgan fingerprint density at radius 3 is 2.88 bits per heavy atom. The van der Waals surface area contributed by atoms with E-state index in [9.17, 15) is 9.59 Å². The molecule has 0 aromatic heterocycles. The van der Waals surface area contributed by atoms with Crippen LogP contribution in [0.25, 0.3) is 0 Å². The normalized spacial score (nSPS) is 34.8. The van der Waals surface area contributed by atoms with Gasteiger partial charge in [0.15, 0.2) is 0 Å². The van der Waals surface area contributed by atoms with Crippen LogP contribution in [0.5, 0.6) is 0 Å². The van der Waals surface area contributed by atoms with Crippen molar-refractivity contribution >= 4 is 11.8 Å². The first-order valence-electron chi connectivity index (χ1n) is 9.13. The number of amides is 2. The van der Waals surface area contributed by atoms with Gasteiger partial charge in [0, 0.05) is 31.5 Å². The molecule has 1 aliphatic carbocycles. The molecule has 3 unspecified atom stereocenters. The summed E-state index contributed by atoms with van der Waals surface area (Å²) in [5, 5.41) is 6.23. The van der Waals surface area contributed by atoms with Gasteiger partial charge in [0.25, 0.3) is 0 Å². The molecule has 1 aromatic carbocycles. The fourth-order valence-corrected chi connectivity index (χ4v) is 4.05. The van der Waals surface area contributed by atoms with Crippen molar-refractivity contribution in [1.29, 1.82) is 0 Å². The largest absolute Gasteiger partial charge is 0.375 e. The molecule has 3 aliphatic rings. The van der Waals surface area contributed by atoms with Crippen LogP contribution >= 0.6 is 0 Å². The van der Waals surface area contributed by atoms with Crippen molar-refractivity contribution < 1.29 is 14.3 Å². The van der Waals surface area contributed by atoms with E-state index in [1.54, 1.807) is 0 Å². The summed E-state index contributed by atoms with van der Waals surface area (Å²) in [5.41, 5.74) is 1.30. The van der Waals surface area contributed by atoms with Crippen LogP contribution in [-0.2, 0) is 14.3 Å². The van der Waals surface area contributed by atoms with E-state index in [2.05, 4.69) is 22.8 Å². The zero-order chi connectivity index (χ0) is 17.4. The Balaban J connectivity index is 1.33. The average molecular weight is 343 g/mol. The maximum atomic E-state index is 12.5. The number of carbonyl (C=O) groups is 2. The number of hydrogen-bond donors (Lipinski definition) is 2. The average Bonchev–Trinajstić information content (AvgIpc) is 3.33. The van der Waals surface area contributed by atoms with E-state index in [-0.39, 0.29) is 36.0 Å². The lowest BCUT2D eigenvalue weighted by atomic mass is 10.1. The number of nitrogens with one attached hydrogen (secondary N) is 2. The maximum Gasteiger partial charge on any atom is 0.240 e. The van der Waals surface area contributed by atoms with Crippen LogP contribution in [0.4, 0.5) is 0 Å². The second kappa shape index (κ2) is 6.77. The molecule has 1 saturated carbocycles. The Bertz CT molecular complexity index is 651. The lowest BCUT2D eigenvalue weighted by Gasteiger charge is -2.30. The summed E-state index contributed by atoms with van der Waals surface area (Å²) in [6, 6.07) is 10.2. The van der Waals surface area contributed by atoms with Gasteiger partial charge >= 0.3 is 0 Å². The van der Waals surface area contributed by atoms with Gasteiger partial charge in [-0.1, -0.05) is 30.3 Å². The Morgan fingerprint density at radius 2 is 2.12 bits per heavy atom. The summed E-state index contributed by atoms with van der Waals surface area (Å²) < 4.78 is 5.53. The third-order valence-corrected chi connectivity index (χ3v) is 5.49. The number of rotatable bonds is 4. The summed E-state index contributed by atoms with van der Waals surface area (Å²) in [6.07, 6.45) is 1.27. The molecule has 2 heterocycles. The Morgan fingerprint density at radius 1 is 1.32 bits per heavy atom. The number of benzene rings is 1. The zero-order valence-corrected chi connectivity index (χ0v) is 14.5. The van der Waals surface area contributed by atoms with Crippen LogP contribution in [0.15, 0.2) is 30.3 Å². The van der Waals surface area contributed by atoms with Crippen molar-refractivity contribution in [3.63, 3.8) is 0 Å². The van der Waals surface area contributed by atoms with Crippen LogP contribution < -0.4 is 10.6 Å². The molecule has 25 heavy (non-hydrogen) atoms. The zero-order valence-electron chi connectivity index (χ0n) is 14.5. The number of carbonyl (C=O) groups excluding carboxylic acids is 2. The highest BCUT2D eigenvalue weighted by Crippen LogP contribution is 2.45. The highest BCUT2D eigenvalue weighted by Gasteiger charge is 2.48. The van der Waals surface area contributed by atoms with E-state index >= 15 is 0 Å². The van der Waals surface area contributed by atoms with Crippen LogP contribution in [0.2, 0.25) is 0 Å². The van der Waals surface area contributed by atoms with Gasteiger partial charge in [-0.05, 0) is 18.9 Å². The number of ether oxygens (including phenoxy) is 1. The van der Waals surface area contributed by atoms with Crippen molar-refractivity contribution in [2.24, 2.45) is 0 Å². The van der Waals surface area contributed by atoms with E-state index in [1.165, 1.54) is 5.56 Å². The van der Waals surface area contributed by atoms with Crippen LogP contribution in [0.3, 0.4) is 0 Å². The standard InChI is InChI=1S/C19H25N3O3/c1-12-18(20-7-8-25-12)19(24)21-14-9-17(23)22(11-14)16-10-15(16)13-5-3-2-4-6-13/h2-6,12,14-16,18,20H,7-11H2,1H3,(H,21,24)/t12-,14?,15?,16?,18+/m1/s1. The van der Waals surface area contributed by atoms with E-state index in [0.717, 1.165) is 6.42 Å². The minimum Gasteiger partial charge on any atom is -0.375 e. The molecule has 2 saturated heterocycles. The third-order valence-electron chi connectivity index (χ3n) is 5.49. The number of morpholine rings is 1. The Labute approximate surface area is 147 Å². The molecule has 2 N–H and O–H groups in total. The number of likely N-dealkylation sites (tertiary alicyclic amines) is 1. The van der Waals surface area contributed by atoms with Gasteiger partial charge in [-0.3, -0.25) is 9.59 Å². The second-order valence-electron chi connectivity index (χ2n) is 7.28. The summed E-state index contributed by atoms with van der Waals surface area (Å²) in [6.45, 7) is 3.82. The molecule has 3 fully saturated rings. The van der Waals surface area contributed by atoms with Gasteiger partial charge in [-0.2, -0.15) is 0 Å². The van der Waals surface area contributed by atoms with E-state index < -0.39 is 0 Å². The molecule has 0 spiro atoms. The van der Waals surface area contributed by atoms with E-state index in [4.69, 9.17) is 4.74 Å². The highest BCUT2D eigenvalue weighted by molar-refractivity contribution is 5.85. The third kappa shape index (κ3) is 3.41. The minimum atomic E-state index is -0.337. The molecule has 1 aromatic rings. The smallest absolute Gasteiger partial charge is 0.240 e. The monoisotopic (exact) mass is 343 g/mol. The lowest BCUT2D eigenvalue weighted by Crippen LogP contribution is -2.57. The minimum absolute atomic E-state index is 0.0674. The topological polar surface area (TPSA) is 70.7 Å². The quantitative estimate of drug-likeness (QED) is 0.842. The first kappa shape index (κ1) is 16.5. The van der Waals surface area contributed by atoms with Crippen LogP contribution in [0, 0.1) is 0 Å². The van der Waals surface area contributed by atoms with Gasteiger partial charge in [-0.15, -0.1) is 0 Å². The molecule has 2 aliphatic heterocycles. The van der Waals surface area contributed by atoms with Crippen molar-refractivity contribution in [1.82, 2.24) is 15.5 Å². The molecule has 2 amide bonds. The predicted molar refractivity (Wildman–Crippen MR) is 93.1 cm³/mol. The van der Waals surface area contributed by atoms with Crippen molar-refractivity contribution in [3.8, 4) is 0 Å². The van der Waals surface area contributed by atoms with Crippen molar-refractivity contribution in [2.45, 2.75) is 49.9 Å². The Kier molecular flexibility index (Phi) is 4.48. The molecule has 0 radical (unpaired) electrons. The van der Waals surface area contributed by atoms with Gasteiger partial charge in [-0.25, -0.2) is 0 Å². The Hall–Kier alpha value is -1.92. The maximum absolute atomic E-state index is 12.5. The molecule has 5 atom stereocenters. The van der Waals surface area contributed by atoms with E-state index in [0.29, 0.717) is 32.0 Å². The molecule has 0 bridgehead atoms. The molecular weight excluding hydrogens is 318 g/mol. The van der Waals surface area contributed by atoms with Gasteiger partial charge in [0.05, 0.1) is 18.8 Å². The number of nitrogens with zero attached hydrogens (tertiary/aromatic N) is 1. The summed E-state index contributed by atoms with van der Waals surface area (Å²) in [4.78, 5) is 26.8. The van der Waals surface area contributed by atoms with Crippen molar-refractivity contribution in [3.05, 3.63) is 35.9 Å². The van der Waals surface area contributed by atoms with Crippen molar-refractivity contribution in [2.75, 3.05) is 19.7 Å². The lowest BCUT2D eigenvalue weighted by molar-refractivity contribution is -0.129. The molecule has 6 nitrogen and oxygen atoms in total. The SMILES string of the molecule is C[C@H]1OCCN[C@@H]1C(=O)NC1CC(=O)N(C2CC2c2ccccc2)C1. The fourth-order valence-electron chi connectivity index (χ4n) is 4.05. The van der Waals surface area contributed by atoms with Crippen LogP contribution in [0.1, 0.15) is 31.2 Å². The second-order valence-corrected chi connectivity index (χ2v) is 7.28. The summed E-state index contributed by atoms with van der Waals surface area (Å²) in [5.74, 6) is 0.518. The van der Waals surface area contributed by atoms with E-state index in [1.807, 2.05) is 30.0 Å². The molecule has 6 heteroatoms. The fraction of sp³-hybridized carbons (Fsp3) is 0.579. The molecular formula is C19H25N3O3. The summed E-state index contributed by atoms with van der Waals surface area (Å²) >= 11 is 0. The number of hydrogen-bond acceptors (Lipinski definition) is 4.